The van der Waals surface area contributed by atoms with Crippen molar-refractivity contribution in [3.63, 3.8) is 0 Å². The van der Waals surface area contributed by atoms with Gasteiger partial charge in [0.15, 0.2) is 0 Å². The van der Waals surface area contributed by atoms with Gasteiger partial charge in [-0.3, -0.25) is 4.90 Å². The van der Waals surface area contributed by atoms with E-state index in [1.54, 1.807) is 6.20 Å². The molecule has 106 valence electrons. The molecule has 0 spiro atoms. The second-order valence-corrected chi connectivity index (χ2v) is 5.65. The number of nitrogens with two attached hydrogens (primary N) is 2. The zero-order chi connectivity index (χ0) is 13.9. The molecule has 19 heavy (non-hydrogen) atoms. The van der Waals surface area contributed by atoms with Gasteiger partial charge in [-0.05, 0) is 38.0 Å². The van der Waals surface area contributed by atoms with Crippen LogP contribution in [0.1, 0.15) is 19.4 Å². The molecule has 5 heteroatoms. The Bertz CT molecular complexity index is 416. The first-order chi connectivity index (χ1) is 9.00. The SMILES string of the molecule is CC(C)(C(N)Cc1ccnc(N)c1)N1CCOCC1. The number of pyridine rings is 1. The molecule has 1 atom stereocenters. The number of nitrogens with zero attached hydrogens (tertiary/aromatic N) is 2. The molecule has 4 N–H and O–H groups in total. The molecule has 0 radical (unpaired) electrons. The maximum Gasteiger partial charge on any atom is 0.123 e. The van der Waals surface area contributed by atoms with E-state index in [4.69, 9.17) is 16.2 Å². The first kappa shape index (κ1) is 14.2. The van der Waals surface area contributed by atoms with Gasteiger partial charge in [-0.2, -0.15) is 0 Å². The van der Waals surface area contributed by atoms with E-state index >= 15 is 0 Å². The van der Waals surface area contributed by atoms with Gasteiger partial charge in [-0.25, -0.2) is 4.98 Å². The standard InChI is InChI=1S/C14H24N4O/c1-14(2,18-5-7-19-8-6-18)12(15)9-11-3-4-17-13(16)10-11/h3-4,10,12H,5-9,15H2,1-2H3,(H2,16,17). The maximum absolute atomic E-state index is 6.42. The molecule has 1 fully saturated rings. The molecule has 1 aliphatic rings. The third kappa shape index (κ3) is 3.43. The Morgan fingerprint density at radius 1 is 1.42 bits per heavy atom. The predicted octanol–water partition coefficient (Wildman–Crippen LogP) is 0.644. The van der Waals surface area contributed by atoms with Gasteiger partial charge in [-0.15, -0.1) is 0 Å². The molecule has 0 aliphatic carbocycles. The summed E-state index contributed by atoms with van der Waals surface area (Å²) in [7, 11) is 0. The summed E-state index contributed by atoms with van der Waals surface area (Å²) in [4.78, 5) is 6.42. The number of morpholine rings is 1. The van der Waals surface area contributed by atoms with Crippen LogP contribution in [0.3, 0.4) is 0 Å². The van der Waals surface area contributed by atoms with Crippen molar-refractivity contribution in [2.45, 2.75) is 31.8 Å². The van der Waals surface area contributed by atoms with Crippen molar-refractivity contribution in [1.82, 2.24) is 9.88 Å². The topological polar surface area (TPSA) is 77.4 Å². The largest absolute Gasteiger partial charge is 0.384 e. The van der Waals surface area contributed by atoms with Gasteiger partial charge in [0, 0.05) is 30.9 Å². The zero-order valence-corrected chi connectivity index (χ0v) is 11.8. The van der Waals surface area contributed by atoms with E-state index in [1.807, 2.05) is 12.1 Å². The van der Waals surface area contributed by atoms with Crippen LogP contribution in [0.15, 0.2) is 18.3 Å². The Hall–Kier alpha value is -1.17. The molecule has 1 unspecified atom stereocenters. The Labute approximate surface area is 114 Å². The highest BCUT2D eigenvalue weighted by Gasteiger charge is 2.34. The van der Waals surface area contributed by atoms with Gasteiger partial charge in [-0.1, -0.05) is 0 Å². The second kappa shape index (κ2) is 5.86. The van der Waals surface area contributed by atoms with Crippen molar-refractivity contribution in [3.8, 4) is 0 Å². The van der Waals surface area contributed by atoms with E-state index in [2.05, 4.69) is 23.7 Å². The average molecular weight is 264 g/mol. The van der Waals surface area contributed by atoms with Crippen LogP contribution in [0, 0.1) is 0 Å². The van der Waals surface area contributed by atoms with Crippen molar-refractivity contribution in [2.24, 2.45) is 5.73 Å². The highest BCUT2D eigenvalue weighted by molar-refractivity contribution is 5.32. The Morgan fingerprint density at radius 3 is 2.74 bits per heavy atom. The van der Waals surface area contributed by atoms with Gasteiger partial charge in [0.25, 0.3) is 0 Å². The number of ether oxygens (including phenoxy) is 1. The van der Waals surface area contributed by atoms with Gasteiger partial charge >= 0.3 is 0 Å². The zero-order valence-electron chi connectivity index (χ0n) is 11.8. The van der Waals surface area contributed by atoms with E-state index in [0.29, 0.717) is 5.82 Å². The van der Waals surface area contributed by atoms with Gasteiger partial charge in [0.2, 0.25) is 0 Å². The van der Waals surface area contributed by atoms with Crippen LogP contribution in [0.2, 0.25) is 0 Å². The molecular formula is C14H24N4O. The fraction of sp³-hybridized carbons (Fsp3) is 0.643. The first-order valence-electron chi connectivity index (χ1n) is 6.79. The molecule has 1 aliphatic heterocycles. The van der Waals surface area contributed by atoms with Crippen molar-refractivity contribution in [3.05, 3.63) is 23.9 Å². The fourth-order valence-electron chi connectivity index (χ4n) is 2.50. The molecule has 0 saturated carbocycles. The number of aromatic nitrogens is 1. The summed E-state index contributed by atoms with van der Waals surface area (Å²) >= 11 is 0. The lowest BCUT2D eigenvalue weighted by atomic mass is 9.88. The van der Waals surface area contributed by atoms with Crippen molar-refractivity contribution in [1.29, 1.82) is 0 Å². The van der Waals surface area contributed by atoms with Crippen molar-refractivity contribution in [2.75, 3.05) is 32.0 Å². The first-order valence-corrected chi connectivity index (χ1v) is 6.79. The van der Waals surface area contributed by atoms with Crippen LogP contribution in [-0.4, -0.2) is 47.8 Å². The Balaban J connectivity index is 2.03. The highest BCUT2D eigenvalue weighted by atomic mass is 16.5. The molecule has 1 saturated heterocycles. The second-order valence-electron chi connectivity index (χ2n) is 5.65. The summed E-state index contributed by atoms with van der Waals surface area (Å²) < 4.78 is 5.40. The normalized spacial score (nSPS) is 19.3. The Morgan fingerprint density at radius 2 is 2.11 bits per heavy atom. The quantitative estimate of drug-likeness (QED) is 0.834. The van der Waals surface area contributed by atoms with Crippen LogP contribution in [-0.2, 0) is 11.2 Å². The number of rotatable bonds is 4. The van der Waals surface area contributed by atoms with E-state index in [1.165, 1.54) is 0 Å². The summed E-state index contributed by atoms with van der Waals surface area (Å²) in [6, 6.07) is 3.92. The third-order valence-electron chi connectivity index (χ3n) is 4.03. The van der Waals surface area contributed by atoms with E-state index in [0.717, 1.165) is 38.3 Å². The molecular weight excluding hydrogens is 240 g/mol. The summed E-state index contributed by atoms with van der Waals surface area (Å²) in [5.74, 6) is 0.550. The summed E-state index contributed by atoms with van der Waals surface area (Å²) in [5.41, 5.74) is 13.2. The van der Waals surface area contributed by atoms with Gasteiger partial charge in [0.1, 0.15) is 5.82 Å². The van der Waals surface area contributed by atoms with Crippen LogP contribution in [0.4, 0.5) is 5.82 Å². The third-order valence-corrected chi connectivity index (χ3v) is 4.03. The van der Waals surface area contributed by atoms with E-state index in [-0.39, 0.29) is 11.6 Å². The number of hydrogen-bond donors (Lipinski definition) is 2. The molecule has 0 aromatic carbocycles. The molecule has 1 aromatic heterocycles. The van der Waals surface area contributed by atoms with Gasteiger partial charge in [0.05, 0.1) is 13.2 Å². The van der Waals surface area contributed by atoms with Crippen molar-refractivity contribution >= 4 is 5.82 Å². The molecule has 0 amide bonds. The Kier molecular flexibility index (Phi) is 4.39. The number of nitrogen functional groups attached to an aromatic ring is 1. The fourth-order valence-corrected chi connectivity index (χ4v) is 2.50. The minimum absolute atomic E-state index is 0.0485. The summed E-state index contributed by atoms with van der Waals surface area (Å²) in [5, 5.41) is 0. The number of anilines is 1. The van der Waals surface area contributed by atoms with E-state index in [9.17, 15) is 0 Å². The molecule has 2 rings (SSSR count). The predicted molar refractivity (Wildman–Crippen MR) is 76.8 cm³/mol. The lowest BCUT2D eigenvalue weighted by molar-refractivity contribution is -0.0186. The molecule has 5 nitrogen and oxygen atoms in total. The molecule has 2 heterocycles. The lowest BCUT2D eigenvalue weighted by Crippen LogP contribution is -2.59. The monoisotopic (exact) mass is 264 g/mol. The smallest absolute Gasteiger partial charge is 0.123 e. The van der Waals surface area contributed by atoms with Gasteiger partial charge < -0.3 is 16.2 Å². The van der Waals surface area contributed by atoms with Crippen LogP contribution >= 0.6 is 0 Å². The summed E-state index contributed by atoms with van der Waals surface area (Å²) in [6.07, 6.45) is 2.54. The minimum atomic E-state index is -0.0538. The molecule has 0 bridgehead atoms. The molecule has 1 aromatic rings. The van der Waals surface area contributed by atoms with Crippen LogP contribution in [0.5, 0.6) is 0 Å². The van der Waals surface area contributed by atoms with Crippen LogP contribution < -0.4 is 11.5 Å². The summed E-state index contributed by atoms with van der Waals surface area (Å²) in [6.45, 7) is 7.87. The van der Waals surface area contributed by atoms with E-state index < -0.39 is 0 Å². The highest BCUT2D eigenvalue weighted by Crippen LogP contribution is 2.22. The maximum atomic E-state index is 6.42. The van der Waals surface area contributed by atoms with Crippen LogP contribution in [0.25, 0.3) is 0 Å². The lowest BCUT2D eigenvalue weighted by Gasteiger charge is -2.44. The van der Waals surface area contributed by atoms with Crippen molar-refractivity contribution < 1.29 is 4.74 Å². The average Bonchev–Trinajstić information content (AvgIpc) is 2.39. The number of hydrogen-bond acceptors (Lipinski definition) is 5. The minimum Gasteiger partial charge on any atom is -0.384 e.